The van der Waals surface area contributed by atoms with E-state index >= 15 is 0 Å². The summed E-state index contributed by atoms with van der Waals surface area (Å²) in [5.74, 6) is -1.77. The van der Waals surface area contributed by atoms with Crippen molar-refractivity contribution in [1.82, 2.24) is 10.2 Å². The van der Waals surface area contributed by atoms with E-state index in [9.17, 15) is 26.8 Å². The van der Waals surface area contributed by atoms with Crippen LogP contribution in [0.4, 0.5) is 14.5 Å². The van der Waals surface area contributed by atoms with E-state index in [1.54, 1.807) is 19.1 Å². The van der Waals surface area contributed by atoms with Gasteiger partial charge in [0.25, 0.3) is 0 Å². The van der Waals surface area contributed by atoms with E-state index in [0.717, 1.165) is 23.4 Å². The number of nitrogens with zero attached hydrogens (tertiary/aromatic N) is 2. The molecule has 0 aliphatic rings. The van der Waals surface area contributed by atoms with Crippen LogP contribution in [-0.4, -0.2) is 50.5 Å². The van der Waals surface area contributed by atoms with Gasteiger partial charge in [0.05, 0.1) is 11.9 Å². The Morgan fingerprint density at radius 2 is 1.69 bits per heavy atom. The average molecular weight is 510 g/mol. The second-order valence-corrected chi connectivity index (χ2v) is 10.3. The smallest absolute Gasteiger partial charge is 0.242 e. The number of para-hydroxylation sites is 1. The number of hydrogen-bond donors (Lipinski definition) is 1. The van der Waals surface area contributed by atoms with Crippen molar-refractivity contribution in [2.45, 2.75) is 52.1 Å². The molecule has 0 saturated carbocycles. The highest BCUT2D eigenvalue weighted by molar-refractivity contribution is 7.92. The molecular weight excluding hydrogens is 476 g/mol. The Bertz CT molecular complexity index is 1090. The molecule has 35 heavy (non-hydrogen) atoms. The van der Waals surface area contributed by atoms with Crippen LogP contribution in [0.15, 0.2) is 48.5 Å². The number of sulfonamides is 1. The highest BCUT2D eigenvalue weighted by Gasteiger charge is 2.27. The van der Waals surface area contributed by atoms with Gasteiger partial charge in [-0.2, -0.15) is 0 Å². The number of halogens is 2. The minimum atomic E-state index is -3.79. The van der Waals surface area contributed by atoms with Crippen LogP contribution < -0.4 is 9.62 Å². The Balaban J connectivity index is 2.14. The number of amides is 2. The van der Waals surface area contributed by atoms with Crippen LogP contribution in [0.2, 0.25) is 0 Å². The Labute approximate surface area is 206 Å². The number of benzene rings is 2. The first-order valence-electron chi connectivity index (χ1n) is 11.6. The number of carbonyl (C=O) groups excluding carboxylic acids is 2. The van der Waals surface area contributed by atoms with Crippen LogP contribution in [-0.2, 0) is 26.2 Å². The summed E-state index contributed by atoms with van der Waals surface area (Å²) in [5.41, 5.74) is 0.561. The molecule has 0 saturated heterocycles. The van der Waals surface area contributed by atoms with E-state index < -0.39 is 27.7 Å². The minimum absolute atomic E-state index is 0.0613. The van der Waals surface area contributed by atoms with E-state index in [-0.39, 0.29) is 43.4 Å². The molecule has 192 valence electrons. The van der Waals surface area contributed by atoms with E-state index in [0.29, 0.717) is 12.1 Å². The highest BCUT2D eigenvalue weighted by atomic mass is 32.2. The van der Waals surface area contributed by atoms with Crippen molar-refractivity contribution in [3.8, 4) is 0 Å². The van der Waals surface area contributed by atoms with E-state index in [2.05, 4.69) is 5.32 Å². The molecule has 0 aliphatic carbocycles. The van der Waals surface area contributed by atoms with Crippen molar-refractivity contribution < 1.29 is 26.8 Å². The zero-order chi connectivity index (χ0) is 26.0. The van der Waals surface area contributed by atoms with Gasteiger partial charge in [-0.1, -0.05) is 37.6 Å². The van der Waals surface area contributed by atoms with Crippen molar-refractivity contribution in [3.05, 3.63) is 65.7 Å². The van der Waals surface area contributed by atoms with Crippen LogP contribution >= 0.6 is 0 Å². The second kappa shape index (κ2) is 13.2. The van der Waals surface area contributed by atoms with Gasteiger partial charge in [0, 0.05) is 26.1 Å². The summed E-state index contributed by atoms with van der Waals surface area (Å²) in [6.45, 7) is 4.09. The van der Waals surface area contributed by atoms with Gasteiger partial charge in [0.1, 0.15) is 17.7 Å². The van der Waals surface area contributed by atoms with Gasteiger partial charge in [-0.15, -0.1) is 0 Å². The van der Waals surface area contributed by atoms with Gasteiger partial charge in [-0.3, -0.25) is 13.9 Å². The number of hydrogen-bond acceptors (Lipinski definition) is 4. The maximum absolute atomic E-state index is 14.2. The third kappa shape index (κ3) is 8.61. The highest BCUT2D eigenvalue weighted by Crippen LogP contribution is 2.22. The Hall–Kier alpha value is -3.01. The fourth-order valence-corrected chi connectivity index (χ4v) is 4.51. The first-order chi connectivity index (χ1) is 16.5. The molecule has 0 fully saturated rings. The molecule has 0 spiro atoms. The SMILES string of the molecule is CCCCNC(=O)[C@H](C)N(Cc1ccc(F)cc1)C(=O)CCCN(c1ccccc1F)S(C)(=O)=O. The predicted octanol–water partition coefficient (Wildman–Crippen LogP) is 3.84. The number of carbonyl (C=O) groups is 2. The van der Waals surface area contributed by atoms with Crippen LogP contribution in [0.3, 0.4) is 0 Å². The molecule has 2 rings (SSSR count). The first-order valence-corrected chi connectivity index (χ1v) is 13.4. The maximum atomic E-state index is 14.2. The van der Waals surface area contributed by atoms with Crippen LogP contribution in [0.25, 0.3) is 0 Å². The molecule has 2 aromatic rings. The lowest BCUT2D eigenvalue weighted by molar-refractivity contribution is -0.140. The lowest BCUT2D eigenvalue weighted by Crippen LogP contribution is -2.48. The van der Waals surface area contributed by atoms with Gasteiger partial charge < -0.3 is 10.2 Å². The Morgan fingerprint density at radius 1 is 1.03 bits per heavy atom. The molecule has 1 N–H and O–H groups in total. The maximum Gasteiger partial charge on any atom is 0.242 e. The quantitative estimate of drug-likeness (QED) is 0.416. The monoisotopic (exact) mass is 509 g/mol. The molecule has 0 aromatic heterocycles. The number of rotatable bonds is 13. The summed E-state index contributed by atoms with van der Waals surface area (Å²) in [6, 6.07) is 10.4. The Morgan fingerprint density at radius 3 is 2.29 bits per heavy atom. The summed E-state index contributed by atoms with van der Waals surface area (Å²) in [5, 5.41) is 2.81. The van der Waals surface area contributed by atoms with Crippen LogP contribution in [0.5, 0.6) is 0 Å². The standard InChI is InChI=1S/C25H33F2N3O4S/c1-4-5-16-28-25(32)19(2)29(18-20-12-14-21(26)15-13-20)24(31)11-8-17-30(35(3,33)34)23-10-7-6-9-22(23)27/h6-7,9-10,12-15,19H,4-5,8,11,16-18H2,1-3H3,(H,28,32)/t19-/m0/s1. The molecule has 1 atom stereocenters. The molecular formula is C25H33F2N3O4S. The van der Waals surface area contributed by atoms with Crippen molar-refractivity contribution in [2.24, 2.45) is 0 Å². The summed E-state index contributed by atoms with van der Waals surface area (Å²) in [4.78, 5) is 27.2. The molecule has 2 amide bonds. The molecule has 0 radical (unpaired) electrons. The molecule has 10 heteroatoms. The van der Waals surface area contributed by atoms with Gasteiger partial charge in [0.2, 0.25) is 21.8 Å². The number of nitrogens with one attached hydrogen (secondary N) is 1. The second-order valence-electron chi connectivity index (χ2n) is 8.36. The predicted molar refractivity (Wildman–Crippen MR) is 132 cm³/mol. The minimum Gasteiger partial charge on any atom is -0.354 e. The van der Waals surface area contributed by atoms with Crippen LogP contribution in [0, 0.1) is 11.6 Å². The number of anilines is 1. The van der Waals surface area contributed by atoms with Gasteiger partial charge in [-0.25, -0.2) is 17.2 Å². The van der Waals surface area contributed by atoms with Gasteiger partial charge in [0.15, 0.2) is 0 Å². The van der Waals surface area contributed by atoms with Gasteiger partial charge in [-0.05, 0) is 49.6 Å². The van der Waals surface area contributed by atoms with Crippen molar-refractivity contribution in [2.75, 3.05) is 23.7 Å². The van der Waals surface area contributed by atoms with Crippen LogP contribution in [0.1, 0.15) is 45.1 Å². The van der Waals surface area contributed by atoms with Crippen molar-refractivity contribution in [3.63, 3.8) is 0 Å². The van der Waals surface area contributed by atoms with Gasteiger partial charge >= 0.3 is 0 Å². The fourth-order valence-electron chi connectivity index (χ4n) is 3.54. The summed E-state index contributed by atoms with van der Waals surface area (Å²) in [7, 11) is -3.79. The topological polar surface area (TPSA) is 86.8 Å². The third-order valence-electron chi connectivity index (χ3n) is 5.54. The van der Waals surface area contributed by atoms with E-state index in [1.807, 2.05) is 6.92 Å². The Kier molecular flexibility index (Phi) is 10.6. The molecule has 2 aromatic carbocycles. The summed E-state index contributed by atoms with van der Waals surface area (Å²) in [6.07, 6.45) is 2.75. The lowest BCUT2D eigenvalue weighted by Gasteiger charge is -2.29. The fraction of sp³-hybridized carbons (Fsp3) is 0.440. The summed E-state index contributed by atoms with van der Waals surface area (Å²) < 4.78 is 53.0. The lowest BCUT2D eigenvalue weighted by atomic mass is 10.1. The zero-order valence-corrected chi connectivity index (χ0v) is 21.2. The molecule has 7 nitrogen and oxygen atoms in total. The average Bonchev–Trinajstić information content (AvgIpc) is 2.81. The molecule has 0 unspecified atom stereocenters. The van der Waals surface area contributed by atoms with E-state index in [4.69, 9.17) is 0 Å². The largest absolute Gasteiger partial charge is 0.354 e. The molecule has 0 heterocycles. The molecule has 0 bridgehead atoms. The van der Waals surface area contributed by atoms with Crippen molar-refractivity contribution in [1.29, 1.82) is 0 Å². The van der Waals surface area contributed by atoms with E-state index in [1.165, 1.54) is 41.3 Å². The number of unbranched alkanes of at least 4 members (excludes halogenated alkanes) is 1. The first kappa shape index (κ1) is 28.2. The molecule has 0 aliphatic heterocycles. The van der Waals surface area contributed by atoms with Crippen molar-refractivity contribution >= 4 is 27.5 Å². The zero-order valence-electron chi connectivity index (χ0n) is 20.3. The summed E-state index contributed by atoms with van der Waals surface area (Å²) >= 11 is 0. The normalized spacial score (nSPS) is 12.1. The third-order valence-corrected chi connectivity index (χ3v) is 6.72.